The average Bonchev–Trinajstić information content (AvgIpc) is 2.57. The second-order valence-corrected chi connectivity index (χ2v) is 3.08. The van der Waals surface area contributed by atoms with Crippen molar-refractivity contribution < 1.29 is 22.7 Å². The minimum Gasteiger partial charge on any atom is -0.372 e. The van der Waals surface area contributed by atoms with E-state index in [0.717, 1.165) is 0 Å². The van der Waals surface area contributed by atoms with E-state index < -0.39 is 12.8 Å². The third kappa shape index (κ3) is 3.97. The number of hydrogen-bond acceptors (Lipinski definition) is 4. The first-order valence-electron chi connectivity index (χ1n) is 4.42. The number of alkyl halides is 3. The van der Waals surface area contributed by atoms with Gasteiger partial charge in [0.1, 0.15) is 12.3 Å². The molecule has 0 saturated carbocycles. The van der Waals surface area contributed by atoms with E-state index in [1.807, 2.05) is 0 Å². The summed E-state index contributed by atoms with van der Waals surface area (Å²) < 4.78 is 40.6. The Bertz CT molecular complexity index is 362. The largest absolute Gasteiger partial charge is 0.411 e. The van der Waals surface area contributed by atoms with Crippen LogP contribution >= 0.6 is 0 Å². The standard InChI is InChI=1S/C8H10F3N3O2/c1-14-6(4-12-13-14)7(15)2-3-16-5-8(9,10)11/h4H,2-3,5H2,1H3. The van der Waals surface area contributed by atoms with Gasteiger partial charge in [0, 0.05) is 13.5 Å². The van der Waals surface area contributed by atoms with Crippen molar-refractivity contribution in [1.29, 1.82) is 0 Å². The highest BCUT2D eigenvalue weighted by Gasteiger charge is 2.27. The molecule has 1 aromatic rings. The molecular formula is C8H10F3N3O2. The van der Waals surface area contributed by atoms with E-state index in [0.29, 0.717) is 0 Å². The van der Waals surface area contributed by atoms with Gasteiger partial charge in [0.05, 0.1) is 12.8 Å². The lowest BCUT2D eigenvalue weighted by Gasteiger charge is -2.06. The smallest absolute Gasteiger partial charge is 0.372 e. The summed E-state index contributed by atoms with van der Waals surface area (Å²) >= 11 is 0. The molecule has 0 unspecified atom stereocenters. The van der Waals surface area contributed by atoms with Crippen LogP contribution in [0.1, 0.15) is 16.9 Å². The topological polar surface area (TPSA) is 57.0 Å². The minimum atomic E-state index is -4.36. The molecule has 0 aliphatic rings. The van der Waals surface area contributed by atoms with Gasteiger partial charge in [-0.1, -0.05) is 5.21 Å². The van der Waals surface area contributed by atoms with E-state index >= 15 is 0 Å². The lowest BCUT2D eigenvalue weighted by molar-refractivity contribution is -0.173. The number of ether oxygens (including phenoxy) is 1. The van der Waals surface area contributed by atoms with Crippen LogP contribution in [0.4, 0.5) is 13.2 Å². The molecule has 0 radical (unpaired) electrons. The van der Waals surface area contributed by atoms with Crippen molar-refractivity contribution in [2.24, 2.45) is 7.05 Å². The van der Waals surface area contributed by atoms with Crippen LogP contribution in [0.15, 0.2) is 6.20 Å². The van der Waals surface area contributed by atoms with Gasteiger partial charge in [0.2, 0.25) is 0 Å². The van der Waals surface area contributed by atoms with Gasteiger partial charge in [0.15, 0.2) is 5.78 Å². The van der Waals surface area contributed by atoms with Crippen LogP contribution in [-0.4, -0.2) is 40.2 Å². The maximum absolute atomic E-state index is 11.7. The molecule has 0 bridgehead atoms. The molecule has 1 rings (SSSR count). The van der Waals surface area contributed by atoms with Crippen LogP contribution in [0.25, 0.3) is 0 Å². The second kappa shape index (κ2) is 5.06. The Morgan fingerprint density at radius 3 is 2.75 bits per heavy atom. The Balaban J connectivity index is 2.29. The van der Waals surface area contributed by atoms with Crippen LogP contribution in [0, 0.1) is 0 Å². The fraction of sp³-hybridized carbons (Fsp3) is 0.625. The van der Waals surface area contributed by atoms with Gasteiger partial charge in [-0.2, -0.15) is 13.2 Å². The number of aromatic nitrogens is 3. The fourth-order valence-electron chi connectivity index (χ4n) is 1.02. The molecule has 0 aliphatic heterocycles. The van der Waals surface area contributed by atoms with Crippen molar-refractivity contribution in [3.63, 3.8) is 0 Å². The Morgan fingerprint density at radius 1 is 1.56 bits per heavy atom. The number of hydrogen-bond donors (Lipinski definition) is 0. The number of halogens is 3. The Kier molecular flexibility index (Phi) is 3.99. The third-order valence-corrected chi connectivity index (χ3v) is 1.74. The van der Waals surface area contributed by atoms with Gasteiger partial charge in [-0.3, -0.25) is 4.79 Å². The molecule has 1 aromatic heterocycles. The van der Waals surface area contributed by atoms with Gasteiger partial charge < -0.3 is 4.74 Å². The van der Waals surface area contributed by atoms with Gasteiger partial charge >= 0.3 is 6.18 Å². The quantitative estimate of drug-likeness (QED) is 0.565. The number of Topliss-reactive ketones (excluding diaryl/α,β-unsaturated/α-hetero) is 1. The van der Waals surface area contributed by atoms with Gasteiger partial charge in [-0.15, -0.1) is 5.10 Å². The predicted octanol–water partition coefficient (Wildman–Crippen LogP) is 0.967. The highest BCUT2D eigenvalue weighted by molar-refractivity contribution is 5.94. The van der Waals surface area contributed by atoms with E-state index in [2.05, 4.69) is 15.0 Å². The Hall–Kier alpha value is -1.44. The molecule has 90 valence electrons. The van der Waals surface area contributed by atoms with E-state index in [4.69, 9.17) is 0 Å². The molecule has 16 heavy (non-hydrogen) atoms. The van der Waals surface area contributed by atoms with Gasteiger partial charge in [-0.05, 0) is 0 Å². The lowest BCUT2D eigenvalue weighted by Crippen LogP contribution is -2.18. The first-order valence-corrected chi connectivity index (χ1v) is 4.42. The summed E-state index contributed by atoms with van der Waals surface area (Å²) in [7, 11) is 1.52. The number of carbonyl (C=O) groups is 1. The Morgan fingerprint density at radius 2 is 2.25 bits per heavy atom. The van der Waals surface area contributed by atoms with Crippen LogP contribution in [-0.2, 0) is 11.8 Å². The molecule has 0 fully saturated rings. The summed E-state index contributed by atoms with van der Waals surface area (Å²) in [6.07, 6.45) is -3.24. The van der Waals surface area contributed by atoms with Crippen LogP contribution < -0.4 is 0 Å². The number of carbonyl (C=O) groups excluding carboxylic acids is 1. The van der Waals surface area contributed by atoms with Gasteiger partial charge in [0.25, 0.3) is 0 Å². The summed E-state index contributed by atoms with van der Waals surface area (Å²) in [6, 6.07) is 0. The molecule has 5 nitrogen and oxygen atoms in total. The molecule has 0 amide bonds. The van der Waals surface area contributed by atoms with E-state index in [1.54, 1.807) is 0 Å². The van der Waals surface area contributed by atoms with Crippen LogP contribution in [0.5, 0.6) is 0 Å². The molecule has 1 heterocycles. The monoisotopic (exact) mass is 237 g/mol. The van der Waals surface area contributed by atoms with E-state index in [-0.39, 0.29) is 24.5 Å². The zero-order valence-electron chi connectivity index (χ0n) is 8.49. The van der Waals surface area contributed by atoms with Crippen molar-refractivity contribution in [1.82, 2.24) is 15.0 Å². The van der Waals surface area contributed by atoms with E-state index in [9.17, 15) is 18.0 Å². The van der Waals surface area contributed by atoms with Crippen LogP contribution in [0.3, 0.4) is 0 Å². The number of aryl methyl sites for hydroxylation is 1. The fourth-order valence-corrected chi connectivity index (χ4v) is 1.02. The maximum atomic E-state index is 11.7. The highest BCUT2D eigenvalue weighted by Crippen LogP contribution is 2.14. The maximum Gasteiger partial charge on any atom is 0.411 e. The number of ketones is 1. The SMILES string of the molecule is Cn1nncc1C(=O)CCOCC(F)(F)F. The first-order chi connectivity index (χ1) is 7.40. The molecule has 0 atom stereocenters. The minimum absolute atomic E-state index is 0.128. The molecule has 0 N–H and O–H groups in total. The lowest BCUT2D eigenvalue weighted by atomic mass is 10.2. The average molecular weight is 237 g/mol. The molecule has 0 aliphatic carbocycles. The van der Waals surface area contributed by atoms with Gasteiger partial charge in [-0.25, -0.2) is 4.68 Å². The summed E-state index contributed by atoms with van der Waals surface area (Å²) in [5.41, 5.74) is 0.246. The predicted molar refractivity (Wildman–Crippen MR) is 46.8 cm³/mol. The third-order valence-electron chi connectivity index (χ3n) is 1.74. The number of rotatable bonds is 5. The molecular weight excluding hydrogens is 227 g/mol. The summed E-state index contributed by atoms with van der Waals surface area (Å²) in [6.45, 7) is -1.62. The van der Waals surface area contributed by atoms with Crippen molar-refractivity contribution in [3.05, 3.63) is 11.9 Å². The van der Waals surface area contributed by atoms with Crippen molar-refractivity contribution in [2.75, 3.05) is 13.2 Å². The summed E-state index contributed by atoms with van der Waals surface area (Å²) in [5.74, 6) is -0.352. The molecule has 8 heteroatoms. The molecule has 0 saturated heterocycles. The molecule has 0 aromatic carbocycles. The second-order valence-electron chi connectivity index (χ2n) is 3.08. The number of nitrogens with zero attached hydrogens (tertiary/aromatic N) is 3. The normalized spacial score (nSPS) is 11.8. The van der Waals surface area contributed by atoms with Crippen molar-refractivity contribution in [2.45, 2.75) is 12.6 Å². The highest BCUT2D eigenvalue weighted by atomic mass is 19.4. The summed E-state index contributed by atoms with van der Waals surface area (Å²) in [4.78, 5) is 11.4. The first kappa shape index (κ1) is 12.6. The van der Waals surface area contributed by atoms with Crippen molar-refractivity contribution >= 4 is 5.78 Å². The van der Waals surface area contributed by atoms with Crippen LogP contribution in [0.2, 0.25) is 0 Å². The summed E-state index contributed by atoms with van der Waals surface area (Å²) in [5, 5.41) is 7.01. The van der Waals surface area contributed by atoms with E-state index in [1.165, 1.54) is 17.9 Å². The zero-order valence-corrected chi connectivity index (χ0v) is 8.49. The van der Waals surface area contributed by atoms with Crippen molar-refractivity contribution in [3.8, 4) is 0 Å². The zero-order chi connectivity index (χ0) is 12.2. The molecule has 0 spiro atoms. The Labute approximate surface area is 89.2 Å².